The van der Waals surface area contributed by atoms with Crippen LogP contribution in [-0.4, -0.2) is 23.8 Å². The molecule has 1 rings (SSSR count). The minimum Gasteiger partial charge on any atom is -0.481 e. The van der Waals surface area contributed by atoms with E-state index in [0.717, 1.165) is 38.5 Å². The number of hydrogen-bond acceptors (Lipinski definition) is 2. The number of methoxy groups -OCH3 is 1. The van der Waals surface area contributed by atoms with Crippen LogP contribution in [0, 0.1) is 5.41 Å². The molecule has 0 aliphatic heterocycles. The Morgan fingerprint density at radius 1 is 1.24 bits per heavy atom. The Morgan fingerprint density at radius 2 is 1.76 bits per heavy atom. The third-order valence-corrected chi connectivity index (χ3v) is 4.27. The Kier molecular flexibility index (Phi) is 4.99. The number of carbonyl (C=O) groups is 1. The Balaban J connectivity index is 2.67. The van der Waals surface area contributed by atoms with Crippen LogP contribution in [0.4, 0.5) is 0 Å². The van der Waals surface area contributed by atoms with Crippen molar-refractivity contribution >= 4 is 5.97 Å². The normalized spacial score (nSPS) is 20.9. The van der Waals surface area contributed by atoms with Crippen LogP contribution >= 0.6 is 0 Å². The summed E-state index contributed by atoms with van der Waals surface area (Å²) in [6.07, 6.45) is 7.70. The number of aliphatic carboxylic acids is 1. The third-order valence-electron chi connectivity index (χ3n) is 4.27. The van der Waals surface area contributed by atoms with Crippen LogP contribution in [0.25, 0.3) is 0 Å². The van der Waals surface area contributed by atoms with Crippen LogP contribution in [0.5, 0.6) is 0 Å². The van der Waals surface area contributed by atoms with E-state index in [0.29, 0.717) is 0 Å². The smallest absolute Gasteiger partial charge is 0.309 e. The summed E-state index contributed by atoms with van der Waals surface area (Å²) in [5.41, 5.74) is -0.707. The molecule has 0 aromatic rings. The summed E-state index contributed by atoms with van der Waals surface area (Å²) in [6, 6.07) is 0. The molecule has 1 N–H and O–H groups in total. The van der Waals surface area contributed by atoms with Gasteiger partial charge in [0.1, 0.15) is 0 Å². The summed E-state index contributed by atoms with van der Waals surface area (Å²) in [7, 11) is 1.69. The first-order valence-corrected chi connectivity index (χ1v) is 6.70. The average Bonchev–Trinajstić information content (AvgIpc) is 2.53. The van der Waals surface area contributed by atoms with Crippen molar-refractivity contribution in [3.05, 3.63) is 0 Å². The zero-order chi connectivity index (χ0) is 12.9. The molecule has 0 heterocycles. The van der Waals surface area contributed by atoms with E-state index in [2.05, 4.69) is 0 Å². The molecule has 1 aliphatic carbocycles. The van der Waals surface area contributed by atoms with Crippen LogP contribution in [0.3, 0.4) is 0 Å². The van der Waals surface area contributed by atoms with Crippen LogP contribution < -0.4 is 0 Å². The minimum absolute atomic E-state index is 0.214. The standard InChI is InChI=1S/C14H26O3/c1-13(2,17-3)10-11-14(12(15)16)8-6-4-5-7-9-14/h4-11H2,1-3H3,(H,15,16). The molecule has 0 bridgehead atoms. The van der Waals surface area contributed by atoms with Crippen LogP contribution in [0.15, 0.2) is 0 Å². The Labute approximate surface area is 105 Å². The quantitative estimate of drug-likeness (QED) is 0.749. The zero-order valence-corrected chi connectivity index (χ0v) is 11.4. The van der Waals surface area contributed by atoms with E-state index in [1.807, 2.05) is 13.8 Å². The fraction of sp³-hybridized carbons (Fsp3) is 0.929. The van der Waals surface area contributed by atoms with E-state index in [4.69, 9.17) is 4.74 Å². The van der Waals surface area contributed by atoms with Gasteiger partial charge >= 0.3 is 5.97 Å². The lowest BCUT2D eigenvalue weighted by molar-refractivity contribution is -0.151. The van der Waals surface area contributed by atoms with Crippen LogP contribution in [0.1, 0.15) is 65.2 Å². The van der Waals surface area contributed by atoms with E-state index in [9.17, 15) is 9.90 Å². The fourth-order valence-electron chi connectivity index (χ4n) is 2.62. The molecule has 0 spiro atoms. The Hall–Kier alpha value is -0.570. The van der Waals surface area contributed by atoms with Gasteiger partial charge in [0.25, 0.3) is 0 Å². The van der Waals surface area contributed by atoms with Gasteiger partial charge in [-0.3, -0.25) is 4.79 Å². The maximum absolute atomic E-state index is 11.6. The second-order valence-electron chi connectivity index (χ2n) is 5.96. The van der Waals surface area contributed by atoms with Gasteiger partial charge in [0.05, 0.1) is 11.0 Å². The van der Waals surface area contributed by atoms with Crippen molar-refractivity contribution in [1.29, 1.82) is 0 Å². The average molecular weight is 242 g/mol. The SMILES string of the molecule is COC(C)(C)CCC1(C(=O)O)CCCCCC1. The number of carboxylic acids is 1. The van der Waals surface area contributed by atoms with Crippen molar-refractivity contribution in [2.24, 2.45) is 5.41 Å². The molecule has 3 heteroatoms. The van der Waals surface area contributed by atoms with E-state index < -0.39 is 11.4 Å². The first-order valence-electron chi connectivity index (χ1n) is 6.70. The first-order chi connectivity index (χ1) is 7.92. The van der Waals surface area contributed by atoms with E-state index in [1.54, 1.807) is 7.11 Å². The summed E-state index contributed by atoms with van der Waals surface area (Å²) >= 11 is 0. The fourth-order valence-corrected chi connectivity index (χ4v) is 2.62. The van der Waals surface area contributed by atoms with Crippen molar-refractivity contribution in [2.45, 2.75) is 70.8 Å². The van der Waals surface area contributed by atoms with Gasteiger partial charge < -0.3 is 9.84 Å². The molecule has 17 heavy (non-hydrogen) atoms. The molecule has 0 saturated heterocycles. The van der Waals surface area contributed by atoms with Gasteiger partial charge in [-0.15, -0.1) is 0 Å². The van der Waals surface area contributed by atoms with Gasteiger partial charge in [0.15, 0.2) is 0 Å². The van der Waals surface area contributed by atoms with E-state index in [1.165, 1.54) is 12.8 Å². The lowest BCUT2D eigenvalue weighted by Crippen LogP contribution is -2.34. The minimum atomic E-state index is -0.605. The summed E-state index contributed by atoms with van der Waals surface area (Å²) in [6.45, 7) is 4.05. The Morgan fingerprint density at radius 3 is 2.18 bits per heavy atom. The third kappa shape index (κ3) is 3.98. The highest BCUT2D eigenvalue weighted by Crippen LogP contribution is 2.41. The van der Waals surface area contributed by atoms with Gasteiger partial charge in [0.2, 0.25) is 0 Å². The summed E-state index contributed by atoms with van der Waals surface area (Å²) in [4.78, 5) is 11.6. The van der Waals surface area contributed by atoms with Gasteiger partial charge in [-0.25, -0.2) is 0 Å². The van der Waals surface area contributed by atoms with E-state index >= 15 is 0 Å². The molecule has 0 radical (unpaired) electrons. The molecule has 0 unspecified atom stereocenters. The predicted molar refractivity (Wildman–Crippen MR) is 68.1 cm³/mol. The lowest BCUT2D eigenvalue weighted by Gasteiger charge is -2.32. The highest BCUT2D eigenvalue weighted by Gasteiger charge is 2.39. The van der Waals surface area contributed by atoms with Crippen molar-refractivity contribution in [1.82, 2.24) is 0 Å². The molecule has 0 amide bonds. The van der Waals surface area contributed by atoms with E-state index in [-0.39, 0.29) is 5.60 Å². The molecule has 100 valence electrons. The van der Waals surface area contributed by atoms with Crippen LogP contribution in [-0.2, 0) is 9.53 Å². The highest BCUT2D eigenvalue weighted by atomic mass is 16.5. The summed E-state index contributed by atoms with van der Waals surface area (Å²) in [5, 5.41) is 9.54. The van der Waals surface area contributed by atoms with Gasteiger partial charge in [-0.05, 0) is 39.5 Å². The molecule has 3 nitrogen and oxygen atoms in total. The molecule has 0 atom stereocenters. The van der Waals surface area contributed by atoms with Gasteiger partial charge in [-0.1, -0.05) is 25.7 Å². The maximum atomic E-state index is 11.6. The Bertz CT molecular complexity index is 250. The maximum Gasteiger partial charge on any atom is 0.309 e. The van der Waals surface area contributed by atoms with Crippen molar-refractivity contribution in [2.75, 3.05) is 7.11 Å². The molecule has 1 fully saturated rings. The van der Waals surface area contributed by atoms with Crippen LogP contribution in [0.2, 0.25) is 0 Å². The molecule has 1 aliphatic rings. The van der Waals surface area contributed by atoms with Gasteiger partial charge in [0, 0.05) is 7.11 Å². The zero-order valence-electron chi connectivity index (χ0n) is 11.4. The lowest BCUT2D eigenvalue weighted by atomic mass is 9.75. The van der Waals surface area contributed by atoms with Gasteiger partial charge in [-0.2, -0.15) is 0 Å². The number of ether oxygens (including phenoxy) is 1. The number of hydrogen-bond donors (Lipinski definition) is 1. The second-order valence-corrected chi connectivity index (χ2v) is 5.96. The molecular weight excluding hydrogens is 216 g/mol. The monoisotopic (exact) mass is 242 g/mol. The predicted octanol–water partition coefficient (Wildman–Crippen LogP) is 3.62. The van der Waals surface area contributed by atoms with Crippen molar-refractivity contribution in [3.8, 4) is 0 Å². The van der Waals surface area contributed by atoms with Crippen molar-refractivity contribution < 1.29 is 14.6 Å². The highest BCUT2D eigenvalue weighted by molar-refractivity contribution is 5.74. The second kappa shape index (κ2) is 5.85. The first kappa shape index (κ1) is 14.5. The topological polar surface area (TPSA) is 46.5 Å². The summed E-state index contributed by atoms with van der Waals surface area (Å²) in [5.74, 6) is -0.605. The molecular formula is C14H26O3. The number of carboxylic acid groups (broad SMARTS) is 1. The summed E-state index contributed by atoms with van der Waals surface area (Å²) < 4.78 is 5.39. The molecule has 1 saturated carbocycles. The van der Waals surface area contributed by atoms with Crippen molar-refractivity contribution in [3.63, 3.8) is 0 Å². The number of rotatable bonds is 5. The largest absolute Gasteiger partial charge is 0.481 e. The molecule has 0 aromatic heterocycles. The molecule has 0 aromatic carbocycles.